The largest absolute Gasteiger partial charge is 0.493 e. The third kappa shape index (κ3) is 8.81. The smallest absolute Gasteiger partial charge is 0.416 e. The lowest BCUT2D eigenvalue weighted by atomic mass is 9.93. The molecule has 2 amide bonds. The van der Waals surface area contributed by atoms with Crippen LogP contribution in [0.5, 0.6) is 5.75 Å². The zero-order valence-electron chi connectivity index (χ0n) is 27.0. The summed E-state index contributed by atoms with van der Waals surface area (Å²) in [7, 11) is -0.410. The van der Waals surface area contributed by atoms with E-state index in [1.165, 1.54) is 29.4 Å². The van der Waals surface area contributed by atoms with Crippen molar-refractivity contribution >= 4 is 57.5 Å². The summed E-state index contributed by atoms with van der Waals surface area (Å²) in [5.41, 5.74) is 0.802. The number of hydrogen-bond donors (Lipinski definition) is 0. The van der Waals surface area contributed by atoms with E-state index in [2.05, 4.69) is 0 Å². The van der Waals surface area contributed by atoms with Gasteiger partial charge in [0.1, 0.15) is 17.6 Å². The minimum Gasteiger partial charge on any atom is -0.493 e. The number of carbonyl (C=O) groups excluding carboxylic acids is 1. The molecule has 0 spiro atoms. The number of alkyl halides is 3. The SMILES string of the molecule is CCOc1cc(C(F)(F)F)ccc1C1=NC(c2ccc(Cl)cc2)C(c2ccc(Cl)cc2)N1C(=O)N1CCN(CCS(=O)(=O)N(C)C)CC1.Cl. The molecule has 0 N–H and O–H groups in total. The Bertz CT molecular complexity index is 1750. The lowest BCUT2D eigenvalue weighted by Gasteiger charge is -2.39. The molecule has 266 valence electrons. The van der Waals surface area contributed by atoms with E-state index in [0.717, 1.165) is 17.7 Å². The average Bonchev–Trinajstić information content (AvgIpc) is 3.44. The number of carbonyl (C=O) groups is 1. The van der Waals surface area contributed by atoms with Crippen molar-refractivity contribution in [2.24, 2.45) is 4.99 Å². The Balaban J connectivity index is 0.00000541. The number of halogens is 6. The summed E-state index contributed by atoms with van der Waals surface area (Å²) in [5, 5.41) is 1.00. The number of benzene rings is 3. The summed E-state index contributed by atoms with van der Waals surface area (Å²) in [6, 6.07) is 15.5. The van der Waals surface area contributed by atoms with E-state index in [1.54, 1.807) is 48.2 Å². The van der Waals surface area contributed by atoms with Gasteiger partial charge in [0.25, 0.3) is 0 Å². The molecule has 2 heterocycles. The molecule has 9 nitrogen and oxygen atoms in total. The first-order valence-electron chi connectivity index (χ1n) is 15.3. The Morgan fingerprint density at radius 1 is 0.939 bits per heavy atom. The lowest BCUT2D eigenvalue weighted by Crippen LogP contribution is -2.54. The molecule has 0 saturated carbocycles. The van der Waals surface area contributed by atoms with Crippen LogP contribution in [0.2, 0.25) is 10.0 Å². The van der Waals surface area contributed by atoms with Gasteiger partial charge in [0.15, 0.2) is 0 Å². The summed E-state index contributed by atoms with van der Waals surface area (Å²) >= 11 is 12.4. The van der Waals surface area contributed by atoms with Gasteiger partial charge in [0.05, 0.1) is 29.5 Å². The Morgan fingerprint density at radius 2 is 1.51 bits per heavy atom. The normalized spacial score (nSPS) is 18.8. The molecule has 3 aromatic rings. The molecule has 0 bridgehead atoms. The quantitative estimate of drug-likeness (QED) is 0.234. The summed E-state index contributed by atoms with van der Waals surface area (Å²) < 4.78 is 72.9. The molecular formula is C33H37Cl3F3N5O4S. The van der Waals surface area contributed by atoms with Crippen molar-refractivity contribution in [3.8, 4) is 5.75 Å². The van der Waals surface area contributed by atoms with Crippen molar-refractivity contribution in [1.29, 1.82) is 0 Å². The fourth-order valence-electron chi connectivity index (χ4n) is 5.75. The van der Waals surface area contributed by atoms with Gasteiger partial charge < -0.3 is 9.64 Å². The third-order valence-electron chi connectivity index (χ3n) is 8.41. The minimum atomic E-state index is -4.61. The van der Waals surface area contributed by atoms with E-state index in [1.807, 2.05) is 17.0 Å². The number of piperazine rings is 1. The number of amidine groups is 1. The van der Waals surface area contributed by atoms with Crippen LogP contribution in [0.25, 0.3) is 0 Å². The summed E-state index contributed by atoms with van der Waals surface area (Å²) in [6.45, 7) is 3.54. The van der Waals surface area contributed by atoms with Gasteiger partial charge in [0, 0.05) is 56.9 Å². The topological polar surface area (TPSA) is 85.8 Å². The Morgan fingerprint density at radius 3 is 2.04 bits per heavy atom. The number of aliphatic imine (C=N–C) groups is 1. The van der Waals surface area contributed by atoms with Crippen molar-refractivity contribution in [3.63, 3.8) is 0 Å². The number of urea groups is 1. The predicted octanol–water partition coefficient (Wildman–Crippen LogP) is 7.01. The van der Waals surface area contributed by atoms with Gasteiger partial charge >= 0.3 is 12.2 Å². The first-order valence-corrected chi connectivity index (χ1v) is 17.7. The van der Waals surface area contributed by atoms with Gasteiger partial charge in [-0.05, 0) is 60.5 Å². The monoisotopic (exact) mass is 761 g/mol. The van der Waals surface area contributed by atoms with Crippen molar-refractivity contribution in [1.82, 2.24) is 19.0 Å². The number of ether oxygens (including phenoxy) is 1. The van der Waals surface area contributed by atoms with Crippen LogP contribution < -0.4 is 4.74 Å². The maximum atomic E-state index is 14.7. The molecule has 1 saturated heterocycles. The molecule has 3 aromatic carbocycles. The van der Waals surface area contributed by atoms with Crippen LogP contribution >= 0.6 is 35.6 Å². The van der Waals surface area contributed by atoms with Gasteiger partial charge in [0.2, 0.25) is 10.0 Å². The molecule has 2 atom stereocenters. The van der Waals surface area contributed by atoms with Crippen LogP contribution in [0, 0.1) is 0 Å². The Kier molecular flexibility index (Phi) is 12.5. The van der Waals surface area contributed by atoms with Gasteiger partial charge in [-0.1, -0.05) is 47.5 Å². The second-order valence-electron chi connectivity index (χ2n) is 11.7. The van der Waals surface area contributed by atoms with Crippen molar-refractivity contribution in [2.45, 2.75) is 25.2 Å². The lowest BCUT2D eigenvalue weighted by molar-refractivity contribution is -0.137. The van der Waals surface area contributed by atoms with E-state index < -0.39 is 39.9 Å². The van der Waals surface area contributed by atoms with Gasteiger partial charge in [-0.25, -0.2) is 17.5 Å². The number of sulfonamides is 1. The summed E-state index contributed by atoms with van der Waals surface area (Å²) in [4.78, 5) is 24.9. The summed E-state index contributed by atoms with van der Waals surface area (Å²) in [5.74, 6) is 0.0610. The van der Waals surface area contributed by atoms with Crippen molar-refractivity contribution in [2.75, 3.05) is 59.2 Å². The molecule has 16 heteroatoms. The maximum absolute atomic E-state index is 14.7. The first kappa shape index (κ1) is 38.7. The summed E-state index contributed by atoms with van der Waals surface area (Å²) in [6.07, 6.45) is -4.61. The molecule has 0 aromatic heterocycles. The predicted molar refractivity (Wildman–Crippen MR) is 188 cm³/mol. The van der Waals surface area contributed by atoms with Crippen molar-refractivity contribution < 1.29 is 31.1 Å². The highest BCUT2D eigenvalue weighted by atomic mass is 35.5. The third-order valence-corrected chi connectivity index (χ3v) is 10.7. The fourth-order valence-corrected chi connectivity index (χ4v) is 6.86. The van der Waals surface area contributed by atoms with Crippen LogP contribution in [0.3, 0.4) is 0 Å². The number of nitrogens with zero attached hydrogens (tertiary/aromatic N) is 5. The molecule has 0 aliphatic carbocycles. The van der Waals surface area contributed by atoms with E-state index in [0.29, 0.717) is 48.3 Å². The molecular weight excluding hydrogens is 726 g/mol. The van der Waals surface area contributed by atoms with Crippen LogP contribution in [-0.4, -0.2) is 98.5 Å². The van der Waals surface area contributed by atoms with E-state index in [9.17, 15) is 26.4 Å². The van der Waals surface area contributed by atoms with Crippen LogP contribution in [0.4, 0.5) is 18.0 Å². The molecule has 49 heavy (non-hydrogen) atoms. The number of hydrogen-bond acceptors (Lipinski definition) is 6. The molecule has 5 rings (SSSR count). The van der Waals surface area contributed by atoms with Crippen LogP contribution in [0.15, 0.2) is 71.7 Å². The van der Waals surface area contributed by atoms with E-state index in [4.69, 9.17) is 32.9 Å². The number of amides is 2. The van der Waals surface area contributed by atoms with E-state index >= 15 is 0 Å². The first-order chi connectivity index (χ1) is 22.7. The van der Waals surface area contributed by atoms with Crippen molar-refractivity contribution in [3.05, 3.63) is 99.0 Å². The Hall–Kier alpha value is -3.07. The van der Waals surface area contributed by atoms with E-state index in [-0.39, 0.29) is 41.9 Å². The second-order valence-corrected chi connectivity index (χ2v) is 14.8. The molecule has 2 aliphatic heterocycles. The molecule has 2 unspecified atom stereocenters. The highest BCUT2D eigenvalue weighted by Crippen LogP contribution is 2.46. The molecule has 0 radical (unpaired) electrons. The Labute approximate surface area is 300 Å². The maximum Gasteiger partial charge on any atom is 0.416 e. The second kappa shape index (κ2) is 15.9. The van der Waals surface area contributed by atoms with Crippen LogP contribution in [-0.2, 0) is 16.2 Å². The number of rotatable bonds is 9. The average molecular weight is 763 g/mol. The molecule has 1 fully saturated rings. The molecule has 2 aliphatic rings. The highest BCUT2D eigenvalue weighted by Gasteiger charge is 2.45. The van der Waals surface area contributed by atoms with Gasteiger partial charge in [-0.15, -0.1) is 12.4 Å². The minimum absolute atomic E-state index is 0. The van der Waals surface area contributed by atoms with Gasteiger partial charge in [-0.2, -0.15) is 13.2 Å². The van der Waals surface area contributed by atoms with Gasteiger partial charge in [-0.3, -0.25) is 14.8 Å². The zero-order chi connectivity index (χ0) is 34.8. The highest BCUT2D eigenvalue weighted by molar-refractivity contribution is 7.89. The van der Waals surface area contributed by atoms with Crippen LogP contribution in [0.1, 0.15) is 41.3 Å². The zero-order valence-corrected chi connectivity index (χ0v) is 30.2. The fraction of sp³-hybridized carbons (Fsp3) is 0.394. The standard InChI is InChI=1S/C33H36Cl2F3N5O4S.ClH/c1-4-47-28-21-24(33(36,37)38)9-14-27(28)31-39-29(22-5-10-25(34)11-6-22)30(23-7-12-26(35)13-8-23)43(31)32(44)42-17-15-41(16-18-42)19-20-48(45,46)40(2)3;/h5-14,21,29-30H,4,15-20H2,1-3H3;1H.